The van der Waals surface area contributed by atoms with Crippen LogP contribution in [0, 0.1) is 0 Å². The fourth-order valence-corrected chi connectivity index (χ4v) is 3.33. The monoisotopic (exact) mass is 315 g/mol. The summed E-state index contributed by atoms with van der Waals surface area (Å²) in [5.41, 5.74) is 0.750. The molecule has 1 aromatic carbocycles. The van der Waals surface area contributed by atoms with Crippen LogP contribution in [0.2, 0.25) is 0 Å². The topological polar surface area (TPSA) is 69.7 Å². The van der Waals surface area contributed by atoms with Crippen molar-refractivity contribution >= 4 is 17.8 Å². The molecule has 0 radical (unpaired) electrons. The minimum atomic E-state index is -0.669. The van der Waals surface area contributed by atoms with Crippen LogP contribution in [0.15, 0.2) is 24.3 Å². The normalized spacial score (nSPS) is 19.3. The zero-order valence-electron chi connectivity index (χ0n) is 13.5. The van der Waals surface area contributed by atoms with Crippen LogP contribution in [0.5, 0.6) is 0 Å². The molecule has 4 amide bonds. The molecule has 2 aliphatic rings. The zero-order chi connectivity index (χ0) is 16.6. The van der Waals surface area contributed by atoms with Gasteiger partial charge in [0.2, 0.25) is 0 Å². The van der Waals surface area contributed by atoms with Crippen LogP contribution in [0.1, 0.15) is 41.6 Å². The second kappa shape index (κ2) is 5.68. The Morgan fingerprint density at radius 3 is 2.35 bits per heavy atom. The first-order chi connectivity index (χ1) is 10.9. The molecule has 0 atom stereocenters. The highest BCUT2D eigenvalue weighted by Crippen LogP contribution is 2.35. The molecule has 1 spiro atoms. The molecule has 0 aromatic heterocycles. The summed E-state index contributed by atoms with van der Waals surface area (Å²) in [5, 5.41) is 2.87. The van der Waals surface area contributed by atoms with Crippen LogP contribution in [0.4, 0.5) is 4.79 Å². The molecule has 3 rings (SSSR count). The molecule has 1 heterocycles. The number of amides is 4. The van der Waals surface area contributed by atoms with Crippen molar-refractivity contribution < 1.29 is 14.4 Å². The minimum absolute atomic E-state index is 0.0727. The zero-order valence-corrected chi connectivity index (χ0v) is 13.5. The number of rotatable bonds is 3. The number of benzene rings is 1. The lowest BCUT2D eigenvalue weighted by Gasteiger charge is -2.20. The highest BCUT2D eigenvalue weighted by molar-refractivity contribution is 6.07. The van der Waals surface area contributed by atoms with E-state index >= 15 is 0 Å². The van der Waals surface area contributed by atoms with Gasteiger partial charge in [-0.15, -0.1) is 0 Å². The number of hydrogen-bond acceptors (Lipinski definition) is 3. The molecule has 1 aromatic rings. The van der Waals surface area contributed by atoms with Crippen molar-refractivity contribution in [2.24, 2.45) is 0 Å². The van der Waals surface area contributed by atoms with E-state index in [0.29, 0.717) is 5.56 Å². The number of nitrogens with zero attached hydrogens (tertiary/aromatic N) is 2. The highest BCUT2D eigenvalue weighted by Gasteiger charge is 2.52. The summed E-state index contributed by atoms with van der Waals surface area (Å²) < 4.78 is 0. The van der Waals surface area contributed by atoms with Crippen LogP contribution in [-0.4, -0.2) is 47.3 Å². The van der Waals surface area contributed by atoms with Crippen LogP contribution < -0.4 is 5.32 Å². The Labute approximate surface area is 135 Å². The summed E-state index contributed by atoms with van der Waals surface area (Å²) in [6.45, 7) is 0.239. The van der Waals surface area contributed by atoms with Gasteiger partial charge in [-0.05, 0) is 30.5 Å². The van der Waals surface area contributed by atoms with Crippen LogP contribution in [0.25, 0.3) is 0 Å². The van der Waals surface area contributed by atoms with Gasteiger partial charge < -0.3 is 10.2 Å². The first-order valence-electron chi connectivity index (χ1n) is 7.88. The molecular weight excluding hydrogens is 294 g/mol. The first-order valence-corrected chi connectivity index (χ1v) is 7.88. The van der Waals surface area contributed by atoms with Crippen molar-refractivity contribution in [2.45, 2.75) is 37.8 Å². The van der Waals surface area contributed by atoms with Gasteiger partial charge in [0.05, 0.1) is 6.54 Å². The number of imide groups is 1. The lowest BCUT2D eigenvalue weighted by Crippen LogP contribution is -2.44. The molecule has 0 bridgehead atoms. The van der Waals surface area contributed by atoms with Crippen LogP contribution >= 0.6 is 0 Å². The average Bonchev–Trinajstić information content (AvgIpc) is 3.08. The number of hydrogen-bond donors (Lipinski definition) is 1. The Kier molecular flexibility index (Phi) is 3.83. The lowest BCUT2D eigenvalue weighted by molar-refractivity contribution is -0.131. The third-order valence-electron chi connectivity index (χ3n) is 4.65. The molecule has 1 aliphatic heterocycles. The van der Waals surface area contributed by atoms with Gasteiger partial charge in [-0.1, -0.05) is 25.0 Å². The number of nitrogens with one attached hydrogen (secondary N) is 1. The summed E-state index contributed by atoms with van der Waals surface area (Å²) in [6.07, 6.45) is 3.40. The van der Waals surface area contributed by atoms with E-state index in [9.17, 15) is 14.4 Å². The molecule has 2 fully saturated rings. The Morgan fingerprint density at radius 2 is 1.78 bits per heavy atom. The summed E-state index contributed by atoms with van der Waals surface area (Å²) in [4.78, 5) is 39.4. The summed E-state index contributed by atoms with van der Waals surface area (Å²) in [6, 6.07) is 6.71. The number of carbonyl (C=O) groups excluding carboxylic acids is 3. The SMILES string of the molecule is CN(C)C(=O)c1ccc(CN2C(=O)NC3(CCCC3)C2=O)cc1. The highest BCUT2D eigenvalue weighted by atomic mass is 16.2. The molecule has 122 valence electrons. The Bertz CT molecular complexity index is 646. The maximum Gasteiger partial charge on any atom is 0.325 e. The number of carbonyl (C=O) groups is 3. The van der Waals surface area contributed by atoms with Gasteiger partial charge in [0.25, 0.3) is 11.8 Å². The fourth-order valence-electron chi connectivity index (χ4n) is 3.33. The smallest absolute Gasteiger partial charge is 0.325 e. The van der Waals surface area contributed by atoms with Gasteiger partial charge in [0, 0.05) is 19.7 Å². The molecule has 6 heteroatoms. The summed E-state index contributed by atoms with van der Waals surface area (Å²) in [5.74, 6) is -0.190. The van der Waals surface area contributed by atoms with E-state index in [-0.39, 0.29) is 24.4 Å². The number of urea groups is 1. The summed E-state index contributed by atoms with van der Waals surface area (Å²) >= 11 is 0. The van der Waals surface area contributed by atoms with E-state index in [2.05, 4.69) is 5.32 Å². The van der Waals surface area contributed by atoms with Crippen molar-refractivity contribution in [3.05, 3.63) is 35.4 Å². The molecule has 1 saturated heterocycles. The van der Waals surface area contributed by atoms with Crippen molar-refractivity contribution in [3.63, 3.8) is 0 Å². The van der Waals surface area contributed by atoms with Gasteiger partial charge in [-0.2, -0.15) is 0 Å². The second-order valence-corrected chi connectivity index (χ2v) is 6.51. The molecule has 1 aliphatic carbocycles. The van der Waals surface area contributed by atoms with E-state index in [1.807, 2.05) is 0 Å². The van der Waals surface area contributed by atoms with Crippen molar-refractivity contribution in [2.75, 3.05) is 14.1 Å². The van der Waals surface area contributed by atoms with Gasteiger partial charge >= 0.3 is 6.03 Å². The Hall–Kier alpha value is -2.37. The van der Waals surface area contributed by atoms with E-state index in [4.69, 9.17) is 0 Å². The molecule has 0 unspecified atom stereocenters. The first kappa shape index (κ1) is 15.5. The quantitative estimate of drug-likeness (QED) is 0.864. The molecule has 1 N–H and O–H groups in total. The maximum absolute atomic E-state index is 12.6. The van der Waals surface area contributed by atoms with Gasteiger partial charge in [-0.3, -0.25) is 14.5 Å². The van der Waals surface area contributed by atoms with E-state index in [1.165, 1.54) is 9.80 Å². The predicted molar refractivity (Wildman–Crippen MR) is 84.7 cm³/mol. The standard InChI is InChI=1S/C17H21N3O3/c1-19(2)14(21)13-7-5-12(6-8-13)11-20-15(22)17(18-16(20)23)9-3-4-10-17/h5-8H,3-4,9-11H2,1-2H3,(H,18,23). The molecule has 1 saturated carbocycles. The Balaban J connectivity index is 1.73. The summed E-state index contributed by atoms with van der Waals surface area (Å²) in [7, 11) is 3.40. The molecule has 23 heavy (non-hydrogen) atoms. The van der Waals surface area contributed by atoms with Gasteiger partial charge in [-0.25, -0.2) is 4.79 Å². The predicted octanol–water partition coefficient (Wildman–Crippen LogP) is 1.75. The lowest BCUT2D eigenvalue weighted by atomic mass is 9.98. The maximum atomic E-state index is 12.6. The minimum Gasteiger partial charge on any atom is -0.345 e. The third kappa shape index (κ3) is 2.69. The molecule has 6 nitrogen and oxygen atoms in total. The van der Waals surface area contributed by atoms with Crippen molar-refractivity contribution in [3.8, 4) is 0 Å². The second-order valence-electron chi connectivity index (χ2n) is 6.51. The van der Waals surface area contributed by atoms with E-state index in [0.717, 1.165) is 31.2 Å². The van der Waals surface area contributed by atoms with Crippen LogP contribution in [0.3, 0.4) is 0 Å². The van der Waals surface area contributed by atoms with Gasteiger partial charge in [0.15, 0.2) is 0 Å². The molecular formula is C17H21N3O3. The fraction of sp³-hybridized carbons (Fsp3) is 0.471. The van der Waals surface area contributed by atoms with E-state index < -0.39 is 5.54 Å². The third-order valence-corrected chi connectivity index (χ3v) is 4.65. The van der Waals surface area contributed by atoms with Crippen LogP contribution in [-0.2, 0) is 11.3 Å². The van der Waals surface area contributed by atoms with Crippen molar-refractivity contribution in [1.29, 1.82) is 0 Å². The average molecular weight is 315 g/mol. The largest absolute Gasteiger partial charge is 0.345 e. The van der Waals surface area contributed by atoms with E-state index in [1.54, 1.807) is 38.4 Å². The Morgan fingerprint density at radius 1 is 1.17 bits per heavy atom. The van der Waals surface area contributed by atoms with Crippen molar-refractivity contribution in [1.82, 2.24) is 15.1 Å². The van der Waals surface area contributed by atoms with Gasteiger partial charge in [0.1, 0.15) is 5.54 Å².